The average Bonchev–Trinajstić information content (AvgIpc) is 3.28. The van der Waals surface area contributed by atoms with Gasteiger partial charge in [-0.15, -0.1) is 0 Å². The summed E-state index contributed by atoms with van der Waals surface area (Å²) in [6.45, 7) is 18.8. The lowest BCUT2D eigenvalue weighted by Gasteiger charge is -2.46. The van der Waals surface area contributed by atoms with E-state index >= 15 is 0 Å². The Hall–Kier alpha value is -2.61. The zero-order valence-corrected chi connectivity index (χ0v) is 29.1. The summed E-state index contributed by atoms with van der Waals surface area (Å²) in [6, 6.07) is 20.6. The van der Waals surface area contributed by atoms with E-state index in [1.54, 1.807) is 6.92 Å². The van der Waals surface area contributed by atoms with Crippen LogP contribution in [0.2, 0.25) is 23.2 Å². The maximum atomic E-state index is 13.0. The van der Waals surface area contributed by atoms with Gasteiger partial charge in [0.05, 0.1) is 19.3 Å². The van der Waals surface area contributed by atoms with Gasteiger partial charge < -0.3 is 18.7 Å². The average molecular weight is 625 g/mol. The van der Waals surface area contributed by atoms with E-state index < -0.39 is 45.8 Å². The molecule has 234 valence electrons. The summed E-state index contributed by atoms with van der Waals surface area (Å²) in [6.07, 6.45) is 0.530. The normalized spacial score (nSPS) is 21.7. The first kappa shape index (κ1) is 33.3. The quantitative estimate of drug-likeness (QED) is 0.341. The van der Waals surface area contributed by atoms with Crippen molar-refractivity contribution in [1.82, 2.24) is 9.55 Å². The van der Waals surface area contributed by atoms with Crippen molar-refractivity contribution in [2.24, 2.45) is 0 Å². The van der Waals surface area contributed by atoms with Gasteiger partial charge in [0, 0.05) is 18.2 Å². The van der Waals surface area contributed by atoms with Crippen molar-refractivity contribution in [3.63, 3.8) is 0 Å². The minimum atomic E-state index is -2.98. The molecule has 2 aromatic carbocycles. The van der Waals surface area contributed by atoms with E-state index in [1.165, 1.54) is 10.8 Å². The molecule has 0 saturated carbocycles. The number of nitrogens with one attached hydrogen (secondary N) is 1. The molecule has 4 rings (SSSR count). The SMILES string of the molecule is Cc1cn([C@H]2C[C@H](O[Si](C)(C)C(C)(C)C)[C@@](CO)(CO[Si](c3ccccc3)(c3ccccc3)C(C)(C)C)O2)c(=O)[nH]c1=O. The van der Waals surface area contributed by atoms with Gasteiger partial charge in [0.15, 0.2) is 8.32 Å². The lowest BCUT2D eigenvalue weighted by atomic mass is 9.99. The molecule has 1 aromatic heterocycles. The van der Waals surface area contributed by atoms with E-state index in [-0.39, 0.29) is 23.3 Å². The molecule has 1 fully saturated rings. The molecule has 2 N–H and O–H groups in total. The molecular weight excluding hydrogens is 577 g/mol. The maximum absolute atomic E-state index is 13.0. The molecule has 10 heteroatoms. The summed E-state index contributed by atoms with van der Waals surface area (Å²) in [5.41, 5.74) is -1.85. The largest absolute Gasteiger partial charge is 0.411 e. The second-order valence-corrected chi connectivity index (χ2v) is 23.4. The van der Waals surface area contributed by atoms with E-state index in [1.807, 2.05) is 36.4 Å². The van der Waals surface area contributed by atoms with Crippen LogP contribution in [0.15, 0.2) is 76.4 Å². The number of aliphatic hydroxyl groups excluding tert-OH is 1. The number of aromatic nitrogens is 2. The summed E-state index contributed by atoms with van der Waals surface area (Å²) < 4.78 is 22.4. The summed E-state index contributed by atoms with van der Waals surface area (Å²) >= 11 is 0. The Morgan fingerprint density at radius 1 is 0.953 bits per heavy atom. The van der Waals surface area contributed by atoms with Crippen LogP contribution in [0.3, 0.4) is 0 Å². The molecule has 3 aromatic rings. The minimum absolute atomic E-state index is 0.0592. The number of H-pyrrole nitrogens is 1. The van der Waals surface area contributed by atoms with Crippen LogP contribution in [0.1, 0.15) is 59.8 Å². The van der Waals surface area contributed by atoms with Crippen molar-refractivity contribution >= 4 is 27.0 Å². The Balaban J connectivity index is 1.85. The third-order valence-corrected chi connectivity index (χ3v) is 18.8. The number of aliphatic hydroxyl groups is 1. The Bertz CT molecular complexity index is 1470. The molecule has 1 aliphatic heterocycles. The predicted octanol–water partition coefficient (Wildman–Crippen LogP) is 4.46. The standard InChI is InChI=1S/C33H48N2O6Si2/c1-24-21-35(30(38)34-29(24)37)28-20-27(41-42(8,9)31(2,3)4)33(22-36,40-28)23-39-43(32(5,6)7,25-16-12-10-13-17-25)26-18-14-11-15-19-26/h10-19,21,27-28,36H,20,22-23H2,1-9H3,(H,34,37,38)/t27-,28+,33+/m0/s1. The van der Waals surface area contributed by atoms with Gasteiger partial charge in [-0.2, -0.15) is 0 Å². The fourth-order valence-electron chi connectivity index (χ4n) is 5.75. The second-order valence-electron chi connectivity index (χ2n) is 14.3. The fraction of sp³-hybridized carbons (Fsp3) is 0.515. The summed E-state index contributed by atoms with van der Waals surface area (Å²) in [5, 5.41) is 13.0. The number of benzene rings is 2. The molecule has 0 amide bonds. The van der Waals surface area contributed by atoms with E-state index in [0.29, 0.717) is 12.0 Å². The zero-order chi connectivity index (χ0) is 31.8. The third-order valence-electron chi connectivity index (χ3n) is 9.29. The van der Waals surface area contributed by atoms with Gasteiger partial charge in [0.1, 0.15) is 11.8 Å². The molecule has 8 nitrogen and oxygen atoms in total. The molecule has 3 atom stereocenters. The van der Waals surface area contributed by atoms with Gasteiger partial charge in [0.25, 0.3) is 13.9 Å². The van der Waals surface area contributed by atoms with Crippen molar-refractivity contribution in [1.29, 1.82) is 0 Å². The number of hydrogen-bond donors (Lipinski definition) is 2. The lowest BCUT2D eigenvalue weighted by molar-refractivity contribution is -0.144. The molecule has 43 heavy (non-hydrogen) atoms. The summed E-state index contributed by atoms with van der Waals surface area (Å²) in [7, 11) is -5.34. The predicted molar refractivity (Wildman–Crippen MR) is 176 cm³/mol. The smallest absolute Gasteiger partial charge is 0.330 e. The van der Waals surface area contributed by atoms with Crippen LogP contribution >= 0.6 is 0 Å². The molecule has 2 heterocycles. The highest BCUT2D eigenvalue weighted by atomic mass is 28.4. The number of rotatable bonds is 9. The molecule has 1 saturated heterocycles. The van der Waals surface area contributed by atoms with Crippen LogP contribution < -0.4 is 21.6 Å². The number of aromatic amines is 1. The Kier molecular flexibility index (Phi) is 9.34. The molecular formula is C33H48N2O6Si2. The van der Waals surface area contributed by atoms with E-state index in [4.69, 9.17) is 13.6 Å². The van der Waals surface area contributed by atoms with E-state index in [0.717, 1.165) is 10.4 Å². The van der Waals surface area contributed by atoms with Crippen molar-refractivity contribution in [3.8, 4) is 0 Å². The number of hydrogen-bond acceptors (Lipinski definition) is 6. The van der Waals surface area contributed by atoms with E-state index in [2.05, 4.69) is 83.9 Å². The van der Waals surface area contributed by atoms with Gasteiger partial charge >= 0.3 is 5.69 Å². The van der Waals surface area contributed by atoms with Crippen molar-refractivity contribution in [2.45, 2.75) is 96.0 Å². The lowest BCUT2D eigenvalue weighted by Crippen LogP contribution is -2.68. The second kappa shape index (κ2) is 12.1. The maximum Gasteiger partial charge on any atom is 0.330 e. The zero-order valence-electron chi connectivity index (χ0n) is 27.1. The molecule has 0 spiro atoms. The van der Waals surface area contributed by atoms with Gasteiger partial charge in [-0.1, -0.05) is 102 Å². The highest BCUT2D eigenvalue weighted by molar-refractivity contribution is 6.99. The molecule has 0 unspecified atom stereocenters. The Labute approximate surface area is 257 Å². The first-order chi connectivity index (χ1) is 20.0. The molecule has 0 aliphatic carbocycles. The third kappa shape index (κ3) is 6.32. The number of ether oxygens (including phenoxy) is 1. The monoisotopic (exact) mass is 624 g/mol. The Morgan fingerprint density at radius 2 is 1.49 bits per heavy atom. The van der Waals surface area contributed by atoms with Crippen molar-refractivity contribution in [2.75, 3.05) is 13.2 Å². The van der Waals surface area contributed by atoms with Gasteiger partial charge in [0.2, 0.25) is 0 Å². The van der Waals surface area contributed by atoms with Crippen LogP contribution in [0.4, 0.5) is 0 Å². The van der Waals surface area contributed by atoms with Gasteiger partial charge in [-0.25, -0.2) is 4.79 Å². The highest BCUT2D eigenvalue weighted by Gasteiger charge is 2.57. The molecule has 1 aliphatic rings. The Morgan fingerprint density at radius 3 is 1.95 bits per heavy atom. The van der Waals surface area contributed by atoms with Crippen molar-refractivity contribution in [3.05, 3.63) is 93.3 Å². The first-order valence-electron chi connectivity index (χ1n) is 15.0. The van der Waals surface area contributed by atoms with Crippen LogP contribution in [0, 0.1) is 6.92 Å². The van der Waals surface area contributed by atoms with Crippen molar-refractivity contribution < 1.29 is 18.7 Å². The number of nitrogens with zero attached hydrogens (tertiary/aromatic N) is 1. The highest BCUT2D eigenvalue weighted by Crippen LogP contribution is 2.46. The topological polar surface area (TPSA) is 103 Å². The van der Waals surface area contributed by atoms with E-state index in [9.17, 15) is 14.7 Å². The molecule has 0 radical (unpaired) electrons. The van der Waals surface area contributed by atoms with Crippen LogP contribution in [-0.2, 0) is 13.6 Å². The van der Waals surface area contributed by atoms with Gasteiger partial charge in [-0.3, -0.25) is 14.3 Å². The van der Waals surface area contributed by atoms with Gasteiger partial charge in [-0.05, 0) is 40.5 Å². The van der Waals surface area contributed by atoms with Crippen LogP contribution in [0.25, 0.3) is 0 Å². The molecule has 0 bridgehead atoms. The first-order valence-corrected chi connectivity index (χ1v) is 19.8. The summed E-state index contributed by atoms with van der Waals surface area (Å²) in [4.78, 5) is 27.5. The summed E-state index contributed by atoms with van der Waals surface area (Å²) in [5.74, 6) is 0. The minimum Gasteiger partial charge on any atom is -0.411 e. The fourth-order valence-corrected chi connectivity index (χ4v) is 11.7. The van der Waals surface area contributed by atoms with Crippen LogP contribution in [0.5, 0.6) is 0 Å². The van der Waals surface area contributed by atoms with Crippen LogP contribution in [-0.4, -0.2) is 56.2 Å². The number of aryl methyl sites for hydroxylation is 1.